The summed E-state index contributed by atoms with van der Waals surface area (Å²) in [6.45, 7) is 2.87. The number of phenols is 1. The number of thiazole rings is 1. The van der Waals surface area contributed by atoms with Gasteiger partial charge in [-0.25, -0.2) is 14.8 Å². The zero-order valence-corrected chi connectivity index (χ0v) is 31.3. The van der Waals surface area contributed by atoms with Crippen LogP contribution in [0.1, 0.15) is 12.5 Å². The van der Waals surface area contributed by atoms with Crippen LogP contribution in [0.3, 0.4) is 0 Å². The van der Waals surface area contributed by atoms with E-state index in [4.69, 9.17) is 0 Å². The molecule has 0 bridgehead atoms. The number of aliphatic imine (C=N–C) groups is 1. The smallest absolute Gasteiger partial charge is 0.323 e. The van der Waals surface area contributed by atoms with Gasteiger partial charge in [-0.1, -0.05) is 6.07 Å². The molecular weight excluding hydrogens is 801 g/mol. The molecule has 2 amide bonds. The van der Waals surface area contributed by atoms with Crippen LogP contribution >= 0.6 is 11.3 Å². The van der Waals surface area contributed by atoms with Crippen molar-refractivity contribution in [3.05, 3.63) is 84.4 Å². The molecule has 0 aliphatic rings. The number of rotatable bonds is 9. The normalized spacial score (nSPS) is 12.8. The van der Waals surface area contributed by atoms with E-state index in [-0.39, 0.29) is 53.6 Å². The highest BCUT2D eigenvalue weighted by Gasteiger charge is 2.25. The Morgan fingerprint density at radius 1 is 0.764 bits per heavy atom. The van der Waals surface area contributed by atoms with Gasteiger partial charge in [0.1, 0.15) is 31.1 Å². The Balaban J connectivity index is 1.34. The highest BCUT2D eigenvalue weighted by Crippen LogP contribution is 2.43. The Morgan fingerprint density at radius 3 is 2.05 bits per heavy atom. The molecule has 5 aromatic carbocycles. The summed E-state index contributed by atoms with van der Waals surface area (Å²) in [7, 11) is -14.8. The molecule has 0 saturated heterocycles. The average Bonchev–Trinajstić information content (AvgIpc) is 3.51. The minimum atomic E-state index is -5.12. The summed E-state index contributed by atoms with van der Waals surface area (Å²) >= 11 is 0.822. The molecule has 6 rings (SSSR count). The number of fused-ring (bicyclic) bond motifs is 2. The van der Waals surface area contributed by atoms with Crippen molar-refractivity contribution in [2.75, 3.05) is 10.6 Å². The number of phenolic OH excluding ortho intramolecular Hbond substituents is 1. The molecule has 0 atom stereocenters. The zero-order valence-electron chi connectivity index (χ0n) is 28.0. The third kappa shape index (κ3) is 8.44. The summed E-state index contributed by atoms with van der Waals surface area (Å²) in [5.41, 5.74) is 0.153. The number of aromatic hydroxyl groups is 1. The standard InChI is InChI=1S/C33H26N6O12S4/c1-16-3-11-25-30(31(16)55(49,50)51)52-32(37-25)18-4-12-24(26(14-18)53(43,44)45)38-39-28-27(54(46,47)48)15-19-13-22(9-10-23(19)29(28)41)36-33(42)35-21-7-5-20(6-8-21)34-17(2)40/h3-15,41H,1-2H3,(H,34,40)(H2,35,36,42)(H,43,44,45)(H,46,47,48)(H,49,50,51). The minimum Gasteiger partial charge on any atom is -0.505 e. The van der Waals surface area contributed by atoms with Crippen molar-refractivity contribution in [3.8, 4) is 16.3 Å². The molecule has 7 N–H and O–H groups in total. The van der Waals surface area contributed by atoms with E-state index in [0.717, 1.165) is 29.5 Å². The number of hydrogen-bond acceptors (Lipinski definition) is 13. The number of hydrogen-bond donors (Lipinski definition) is 7. The van der Waals surface area contributed by atoms with Crippen molar-refractivity contribution in [1.82, 2.24) is 4.98 Å². The van der Waals surface area contributed by atoms with Crippen molar-refractivity contribution in [3.63, 3.8) is 0 Å². The highest BCUT2D eigenvalue weighted by atomic mass is 32.2. The molecule has 0 saturated carbocycles. The third-order valence-electron chi connectivity index (χ3n) is 7.71. The van der Waals surface area contributed by atoms with Gasteiger partial charge in [0.15, 0.2) is 11.6 Å². The first-order valence-corrected chi connectivity index (χ1v) is 20.4. The van der Waals surface area contributed by atoms with Gasteiger partial charge in [-0.15, -0.1) is 21.6 Å². The molecule has 0 aliphatic carbocycles. The molecule has 0 aliphatic heterocycles. The molecule has 0 fully saturated rings. The summed E-state index contributed by atoms with van der Waals surface area (Å²) < 4.78 is 104. The van der Waals surface area contributed by atoms with Gasteiger partial charge in [0.05, 0.1) is 15.9 Å². The first-order chi connectivity index (χ1) is 25.7. The summed E-state index contributed by atoms with van der Waals surface area (Å²) in [6, 6.07) is 16.7. The van der Waals surface area contributed by atoms with Crippen molar-refractivity contribution in [2.24, 2.45) is 15.2 Å². The van der Waals surface area contributed by atoms with Crippen LogP contribution in [0, 0.1) is 6.92 Å². The maximum absolute atomic E-state index is 12.7. The Morgan fingerprint density at radius 2 is 1.42 bits per heavy atom. The number of urea groups is 1. The van der Waals surface area contributed by atoms with Crippen LogP contribution in [0.2, 0.25) is 0 Å². The Kier molecular flexibility index (Phi) is 10.2. The van der Waals surface area contributed by atoms with Crippen LogP contribution in [0.25, 0.3) is 31.6 Å². The fourth-order valence-corrected chi connectivity index (χ4v) is 8.99. The maximum Gasteiger partial charge on any atom is 0.323 e. The number of aliphatic hydroxyl groups is 1. The fraction of sp³-hybridized carbons (Fsp3) is 0.0606. The molecular formula is C33H26N6O12S4. The maximum atomic E-state index is 12.7. The van der Waals surface area contributed by atoms with E-state index in [2.05, 4.69) is 30.8 Å². The first-order valence-electron chi connectivity index (χ1n) is 15.3. The zero-order chi connectivity index (χ0) is 40.0. The van der Waals surface area contributed by atoms with E-state index in [0.29, 0.717) is 11.4 Å². The SMILES string of the molecule is CC(O)=Nc1ccc(NC(=O)Nc2ccc3c(O)c(N=Nc4ccc(-c5nc6ccc(C)c(S(=O)(=O)O)c6s5)cc4S(=O)(=O)O)c(S(=O)(=O)O)cc3c2)cc1. The predicted molar refractivity (Wildman–Crippen MR) is 204 cm³/mol. The molecule has 6 aromatic rings. The number of nitrogens with zero attached hydrogens (tertiary/aromatic N) is 4. The van der Waals surface area contributed by atoms with Crippen LogP contribution in [-0.4, -0.2) is 66.0 Å². The Bertz CT molecular complexity index is 2960. The van der Waals surface area contributed by atoms with Crippen LogP contribution in [0.15, 0.2) is 109 Å². The topological polar surface area (TPSA) is 295 Å². The summed E-state index contributed by atoms with van der Waals surface area (Å²) in [6.07, 6.45) is 0. The summed E-state index contributed by atoms with van der Waals surface area (Å²) in [5.74, 6) is -0.944. The second-order valence-corrected chi connectivity index (χ2v) is 16.8. The predicted octanol–water partition coefficient (Wildman–Crippen LogP) is 7.54. The van der Waals surface area contributed by atoms with E-state index in [1.807, 2.05) is 0 Å². The van der Waals surface area contributed by atoms with E-state index < -0.39 is 63.3 Å². The van der Waals surface area contributed by atoms with E-state index >= 15 is 0 Å². The number of amides is 2. The van der Waals surface area contributed by atoms with Crippen LogP contribution < -0.4 is 10.6 Å². The largest absolute Gasteiger partial charge is 0.505 e. The van der Waals surface area contributed by atoms with E-state index in [9.17, 15) is 53.9 Å². The number of azo groups is 1. The Labute approximate surface area is 315 Å². The lowest BCUT2D eigenvalue weighted by atomic mass is 10.1. The monoisotopic (exact) mass is 826 g/mol. The van der Waals surface area contributed by atoms with Crippen molar-refractivity contribution in [1.29, 1.82) is 0 Å². The molecule has 0 unspecified atom stereocenters. The lowest BCUT2D eigenvalue weighted by Gasteiger charge is -2.12. The number of nitrogens with one attached hydrogen (secondary N) is 2. The van der Waals surface area contributed by atoms with Gasteiger partial charge in [0.2, 0.25) is 0 Å². The highest BCUT2D eigenvalue weighted by molar-refractivity contribution is 7.86. The van der Waals surface area contributed by atoms with Gasteiger partial charge in [0.25, 0.3) is 30.4 Å². The summed E-state index contributed by atoms with van der Waals surface area (Å²) in [4.78, 5) is 18.7. The number of aryl methyl sites for hydroxylation is 1. The lowest BCUT2D eigenvalue weighted by molar-refractivity contribution is 0.262. The average molecular weight is 827 g/mol. The van der Waals surface area contributed by atoms with Gasteiger partial charge in [-0.05, 0) is 90.7 Å². The molecule has 284 valence electrons. The van der Waals surface area contributed by atoms with Gasteiger partial charge in [-0.3, -0.25) is 13.7 Å². The minimum absolute atomic E-state index is 0.0108. The third-order valence-corrected chi connectivity index (χ3v) is 11.8. The molecule has 0 spiro atoms. The first kappa shape index (κ1) is 38.8. The van der Waals surface area contributed by atoms with E-state index in [1.54, 1.807) is 12.1 Å². The quantitative estimate of drug-likeness (QED) is 0.0321. The van der Waals surface area contributed by atoms with Crippen LogP contribution in [0.5, 0.6) is 5.75 Å². The number of carbonyl (C=O) groups is 1. The lowest BCUT2D eigenvalue weighted by Crippen LogP contribution is -2.19. The molecule has 55 heavy (non-hydrogen) atoms. The molecule has 1 heterocycles. The van der Waals surface area contributed by atoms with Gasteiger partial charge < -0.3 is 20.8 Å². The fourth-order valence-electron chi connectivity index (χ4n) is 5.37. The summed E-state index contributed by atoms with van der Waals surface area (Å²) in [5, 5.41) is 33.2. The van der Waals surface area contributed by atoms with Crippen molar-refractivity contribution >= 4 is 103 Å². The van der Waals surface area contributed by atoms with Crippen LogP contribution in [-0.2, 0) is 30.4 Å². The van der Waals surface area contributed by atoms with E-state index in [1.165, 1.54) is 62.4 Å². The second-order valence-electron chi connectivity index (χ2n) is 11.7. The molecule has 22 heteroatoms. The molecule has 0 radical (unpaired) electrons. The van der Waals surface area contributed by atoms with Crippen molar-refractivity contribution in [2.45, 2.75) is 28.5 Å². The van der Waals surface area contributed by atoms with Crippen molar-refractivity contribution < 1.29 is 53.9 Å². The number of aliphatic hydroxyl groups excluding tert-OH is 1. The van der Waals surface area contributed by atoms with Gasteiger partial charge in [0, 0.05) is 29.2 Å². The number of aromatic nitrogens is 1. The van der Waals surface area contributed by atoms with Gasteiger partial charge in [-0.2, -0.15) is 25.3 Å². The van der Waals surface area contributed by atoms with Gasteiger partial charge >= 0.3 is 6.03 Å². The Hall–Kier alpha value is -5.88. The second kappa shape index (κ2) is 14.4. The molecule has 18 nitrogen and oxygen atoms in total. The number of carbonyl (C=O) groups excluding carboxylic acids is 1. The molecule has 1 aromatic heterocycles. The number of benzene rings is 5. The van der Waals surface area contributed by atoms with Crippen LogP contribution in [0.4, 0.5) is 33.2 Å². The number of anilines is 2.